The van der Waals surface area contributed by atoms with Gasteiger partial charge in [-0.05, 0) is 91.7 Å². The summed E-state index contributed by atoms with van der Waals surface area (Å²) >= 11 is 0. The molecular formula is C40H42FN7O4. The number of rotatable bonds is 10. The van der Waals surface area contributed by atoms with Crippen molar-refractivity contribution >= 4 is 35.1 Å². The highest BCUT2D eigenvalue weighted by atomic mass is 19.1. The molecule has 0 saturated carbocycles. The topological polar surface area (TPSA) is 137 Å². The van der Waals surface area contributed by atoms with Gasteiger partial charge in [-0.1, -0.05) is 43.3 Å². The molecule has 4 heterocycles. The minimum atomic E-state index is -0.778. The molecule has 52 heavy (non-hydrogen) atoms. The van der Waals surface area contributed by atoms with Gasteiger partial charge in [0.1, 0.15) is 23.9 Å². The fourth-order valence-electron chi connectivity index (χ4n) is 8.05. The van der Waals surface area contributed by atoms with Crippen LogP contribution in [0.4, 0.5) is 15.9 Å². The van der Waals surface area contributed by atoms with E-state index in [4.69, 9.17) is 0 Å². The van der Waals surface area contributed by atoms with Gasteiger partial charge in [-0.3, -0.25) is 19.2 Å². The number of carbonyl (C=O) groups excluding carboxylic acids is 4. The predicted octanol–water partition coefficient (Wildman–Crippen LogP) is 4.62. The van der Waals surface area contributed by atoms with Crippen LogP contribution in [0.25, 0.3) is 0 Å². The lowest BCUT2D eigenvalue weighted by molar-refractivity contribution is -0.147. The Balaban J connectivity index is 1.09. The summed E-state index contributed by atoms with van der Waals surface area (Å²) in [5, 5.41) is 9.14. The van der Waals surface area contributed by atoms with E-state index in [1.54, 1.807) is 16.0 Å². The van der Waals surface area contributed by atoms with E-state index in [9.17, 15) is 23.6 Å². The van der Waals surface area contributed by atoms with Crippen molar-refractivity contribution in [1.82, 2.24) is 25.1 Å². The molecule has 7 rings (SSSR count). The van der Waals surface area contributed by atoms with Gasteiger partial charge in [-0.15, -0.1) is 0 Å². The van der Waals surface area contributed by atoms with Crippen LogP contribution in [-0.4, -0.2) is 70.1 Å². The standard InChI is InChI=1S/C40H42FN7O4/c1-3-39(14-17-47(18-15-39)36(50)33-13-11-30(41)23-44-33)38(52)48(24-28-8-5-4-7-27(28)22-42-2)25-34(49)45-31-12-10-26-20-40(21-29(26)19-31)32-9-6-16-43-35(32)46-37(40)51/h4-13,16,19,23,42H,3,14-15,17-18,20-22,24-25H2,1-2H3,(H,45,49)(H,43,46,51)/t40-/m1/s1. The first-order valence-electron chi connectivity index (χ1n) is 17.7. The van der Waals surface area contributed by atoms with Gasteiger partial charge in [-0.2, -0.15) is 0 Å². The van der Waals surface area contributed by atoms with Crippen molar-refractivity contribution in [3.63, 3.8) is 0 Å². The maximum absolute atomic E-state index is 14.7. The molecular weight excluding hydrogens is 661 g/mol. The van der Waals surface area contributed by atoms with Crippen molar-refractivity contribution in [3.8, 4) is 0 Å². The first-order chi connectivity index (χ1) is 25.1. The molecule has 1 saturated heterocycles. The number of nitrogens with one attached hydrogen (secondary N) is 3. The van der Waals surface area contributed by atoms with E-state index >= 15 is 0 Å². The highest BCUT2D eigenvalue weighted by Crippen LogP contribution is 2.47. The number of piperidine rings is 1. The van der Waals surface area contributed by atoms with Crippen LogP contribution in [0.3, 0.4) is 0 Å². The molecule has 2 aliphatic heterocycles. The van der Waals surface area contributed by atoms with Crippen LogP contribution < -0.4 is 16.0 Å². The summed E-state index contributed by atoms with van der Waals surface area (Å²) in [6.07, 6.45) is 5.13. The summed E-state index contributed by atoms with van der Waals surface area (Å²) in [5.41, 5.74) is 4.15. The number of carbonyl (C=O) groups is 4. The Bertz CT molecular complexity index is 2030. The number of amides is 4. The Labute approximate surface area is 302 Å². The van der Waals surface area contributed by atoms with E-state index in [0.29, 0.717) is 63.2 Å². The van der Waals surface area contributed by atoms with Crippen LogP contribution in [0.2, 0.25) is 0 Å². The average Bonchev–Trinajstić information content (AvgIpc) is 3.67. The quantitative estimate of drug-likeness (QED) is 0.219. The van der Waals surface area contributed by atoms with Gasteiger partial charge in [-0.25, -0.2) is 14.4 Å². The average molecular weight is 704 g/mol. The molecule has 1 atom stereocenters. The van der Waals surface area contributed by atoms with Crippen LogP contribution in [0.5, 0.6) is 0 Å². The second-order valence-corrected chi connectivity index (χ2v) is 14.1. The Hall–Kier alpha value is -5.49. The number of anilines is 2. The van der Waals surface area contributed by atoms with Gasteiger partial charge in [0.2, 0.25) is 17.7 Å². The first-order valence-corrected chi connectivity index (χ1v) is 17.7. The Morgan fingerprint density at radius 3 is 2.46 bits per heavy atom. The number of pyridine rings is 2. The Kier molecular flexibility index (Phi) is 9.58. The molecule has 12 heteroatoms. The molecule has 3 N–H and O–H groups in total. The van der Waals surface area contributed by atoms with Gasteiger partial charge in [0.15, 0.2) is 0 Å². The lowest BCUT2D eigenvalue weighted by Crippen LogP contribution is -2.52. The van der Waals surface area contributed by atoms with Crippen LogP contribution in [0.15, 0.2) is 79.1 Å². The molecule has 3 aliphatic rings. The van der Waals surface area contributed by atoms with E-state index in [2.05, 4.69) is 25.9 Å². The van der Waals surface area contributed by atoms with E-state index in [1.807, 2.05) is 68.6 Å². The number of hydrogen-bond donors (Lipinski definition) is 3. The van der Waals surface area contributed by atoms with Crippen LogP contribution in [0, 0.1) is 11.2 Å². The molecule has 268 valence electrons. The van der Waals surface area contributed by atoms with E-state index in [-0.39, 0.29) is 42.4 Å². The second-order valence-electron chi connectivity index (χ2n) is 14.1. The third-order valence-electron chi connectivity index (χ3n) is 11.0. The molecule has 0 unspecified atom stereocenters. The summed E-state index contributed by atoms with van der Waals surface area (Å²) in [4.78, 5) is 66.4. The van der Waals surface area contributed by atoms with Gasteiger partial charge in [0.05, 0.1) is 17.0 Å². The molecule has 1 aliphatic carbocycles. The van der Waals surface area contributed by atoms with E-state index in [0.717, 1.165) is 34.0 Å². The number of aromatic nitrogens is 2. The maximum Gasteiger partial charge on any atom is 0.272 e. The third-order valence-corrected chi connectivity index (χ3v) is 11.0. The van der Waals surface area contributed by atoms with Crippen molar-refractivity contribution < 1.29 is 23.6 Å². The molecule has 1 fully saturated rings. The first kappa shape index (κ1) is 34.9. The lowest BCUT2D eigenvalue weighted by atomic mass is 9.74. The van der Waals surface area contributed by atoms with Crippen molar-refractivity contribution in [2.24, 2.45) is 5.41 Å². The minimum absolute atomic E-state index is 0.0668. The SMILES string of the molecule is CCC1(C(=O)N(CC(=O)Nc2ccc3c(c2)C[C@@]2(C3)C(=O)Nc3ncccc32)Cc2ccccc2CNC)CCN(C(=O)c2ccc(F)cn2)CC1. The largest absolute Gasteiger partial charge is 0.337 e. The van der Waals surface area contributed by atoms with Crippen molar-refractivity contribution in [2.45, 2.75) is 57.5 Å². The van der Waals surface area contributed by atoms with Gasteiger partial charge < -0.3 is 25.8 Å². The summed E-state index contributed by atoms with van der Waals surface area (Å²) < 4.78 is 13.4. The number of halogens is 1. The highest BCUT2D eigenvalue weighted by Gasteiger charge is 2.51. The smallest absolute Gasteiger partial charge is 0.272 e. The fraction of sp³-hybridized carbons (Fsp3) is 0.350. The molecule has 0 radical (unpaired) electrons. The molecule has 4 aromatic rings. The number of hydrogen-bond acceptors (Lipinski definition) is 7. The third kappa shape index (κ3) is 6.54. The van der Waals surface area contributed by atoms with E-state index in [1.165, 1.54) is 12.1 Å². The summed E-state index contributed by atoms with van der Waals surface area (Å²) in [6, 6.07) is 20.0. The number of nitrogens with zero attached hydrogens (tertiary/aromatic N) is 4. The van der Waals surface area contributed by atoms with Gasteiger partial charge >= 0.3 is 0 Å². The fourth-order valence-corrected chi connectivity index (χ4v) is 8.05. The van der Waals surface area contributed by atoms with Crippen LogP contribution in [-0.2, 0) is 45.7 Å². The monoisotopic (exact) mass is 703 g/mol. The number of likely N-dealkylation sites (tertiary alicyclic amines) is 1. The Morgan fingerprint density at radius 2 is 1.73 bits per heavy atom. The van der Waals surface area contributed by atoms with Crippen LogP contribution in [0.1, 0.15) is 64.5 Å². The molecule has 0 bridgehead atoms. The van der Waals surface area contributed by atoms with E-state index < -0.39 is 16.6 Å². The predicted molar refractivity (Wildman–Crippen MR) is 194 cm³/mol. The highest BCUT2D eigenvalue weighted by molar-refractivity contribution is 6.06. The molecule has 11 nitrogen and oxygen atoms in total. The Morgan fingerprint density at radius 1 is 0.962 bits per heavy atom. The van der Waals surface area contributed by atoms with Crippen molar-refractivity contribution in [3.05, 3.63) is 118 Å². The maximum atomic E-state index is 14.7. The molecule has 4 amide bonds. The molecule has 2 aromatic carbocycles. The normalized spacial score (nSPS) is 18.4. The minimum Gasteiger partial charge on any atom is -0.337 e. The van der Waals surface area contributed by atoms with Crippen molar-refractivity contribution in [1.29, 1.82) is 0 Å². The zero-order valence-corrected chi connectivity index (χ0v) is 29.4. The molecule has 2 aromatic heterocycles. The van der Waals surface area contributed by atoms with Gasteiger partial charge in [0.25, 0.3) is 5.91 Å². The number of fused-ring (bicyclic) bond motifs is 3. The summed E-state index contributed by atoms with van der Waals surface area (Å²) in [7, 11) is 1.86. The van der Waals surface area contributed by atoms with Crippen molar-refractivity contribution in [2.75, 3.05) is 37.3 Å². The molecule has 1 spiro atoms. The zero-order valence-electron chi connectivity index (χ0n) is 29.4. The summed E-state index contributed by atoms with van der Waals surface area (Å²) in [6.45, 7) is 3.32. The zero-order chi connectivity index (χ0) is 36.5. The lowest BCUT2D eigenvalue weighted by Gasteiger charge is -2.42. The van der Waals surface area contributed by atoms with Gasteiger partial charge in [0, 0.05) is 43.6 Å². The number of benzene rings is 2. The second kappa shape index (κ2) is 14.3. The summed E-state index contributed by atoms with van der Waals surface area (Å²) in [5.74, 6) is -0.750. The van der Waals surface area contributed by atoms with Crippen LogP contribution >= 0.6 is 0 Å².